The van der Waals surface area contributed by atoms with Gasteiger partial charge in [0.1, 0.15) is 6.54 Å². The van der Waals surface area contributed by atoms with Crippen LogP contribution in [0, 0.1) is 0 Å². The number of para-hydroxylation sites is 2. The van der Waals surface area contributed by atoms with Crippen LogP contribution in [0.2, 0.25) is 0 Å². The lowest BCUT2D eigenvalue weighted by Crippen LogP contribution is -2.49. The second kappa shape index (κ2) is 6.07. The molecule has 0 saturated carbocycles. The van der Waals surface area contributed by atoms with Crippen LogP contribution in [0.25, 0.3) is 0 Å². The third kappa shape index (κ3) is 2.77. The Bertz CT molecular complexity index is 816. The Morgan fingerprint density at radius 2 is 1.92 bits per heavy atom. The van der Waals surface area contributed by atoms with Crippen LogP contribution in [0.3, 0.4) is 0 Å². The van der Waals surface area contributed by atoms with Crippen molar-refractivity contribution in [3.63, 3.8) is 0 Å². The fourth-order valence-electron chi connectivity index (χ4n) is 3.51. The summed E-state index contributed by atoms with van der Waals surface area (Å²) in [6.45, 7) is 0.316. The highest BCUT2D eigenvalue weighted by atomic mass is 16.2. The number of hydrogen-bond acceptors (Lipinski definition) is 2. The summed E-state index contributed by atoms with van der Waals surface area (Å²) < 4.78 is 1.93. The molecule has 0 bridgehead atoms. The van der Waals surface area contributed by atoms with E-state index < -0.39 is 0 Å². The zero-order chi connectivity index (χ0) is 16.5. The first kappa shape index (κ1) is 14.9. The average molecular weight is 322 g/mol. The van der Waals surface area contributed by atoms with Gasteiger partial charge in [-0.2, -0.15) is 4.57 Å². The molecule has 0 fully saturated rings. The van der Waals surface area contributed by atoms with E-state index in [1.54, 1.807) is 4.90 Å². The van der Waals surface area contributed by atoms with Gasteiger partial charge in [-0.1, -0.05) is 12.1 Å². The Kier molecular flexibility index (Phi) is 3.76. The highest BCUT2D eigenvalue weighted by Crippen LogP contribution is 2.28. The van der Waals surface area contributed by atoms with Crippen LogP contribution in [0.4, 0.5) is 11.4 Å². The number of carbonyl (C=O) groups excluding carboxylic acids is 2. The van der Waals surface area contributed by atoms with Gasteiger partial charge in [-0.05, 0) is 43.4 Å². The standard InChI is InChI=1S/C19H19N3O2/c23-18-12-22(17-8-4-3-7-16(17)20-18)19(24)13-21-10-9-14-5-1-2-6-15(14)11-21/h3-4,7-11H,1-2,5-6,12-13H2/p+1. The van der Waals surface area contributed by atoms with Crippen LogP contribution in [-0.4, -0.2) is 18.4 Å². The van der Waals surface area contributed by atoms with Gasteiger partial charge >= 0.3 is 0 Å². The fraction of sp³-hybridized carbons (Fsp3) is 0.316. The first-order valence-electron chi connectivity index (χ1n) is 8.41. The Morgan fingerprint density at radius 1 is 1.12 bits per heavy atom. The lowest BCUT2D eigenvalue weighted by molar-refractivity contribution is -0.684. The Labute approximate surface area is 140 Å². The van der Waals surface area contributed by atoms with Crippen molar-refractivity contribution < 1.29 is 14.2 Å². The van der Waals surface area contributed by atoms with Crippen LogP contribution in [-0.2, 0) is 29.0 Å². The molecule has 0 radical (unpaired) electrons. The number of fused-ring (bicyclic) bond motifs is 2. The minimum atomic E-state index is -0.155. The molecular weight excluding hydrogens is 302 g/mol. The molecular formula is C19H20N3O2+. The Morgan fingerprint density at radius 3 is 2.79 bits per heavy atom. The van der Waals surface area contributed by atoms with E-state index in [4.69, 9.17) is 0 Å². The monoisotopic (exact) mass is 322 g/mol. The maximum absolute atomic E-state index is 12.8. The maximum atomic E-state index is 12.8. The van der Waals surface area contributed by atoms with E-state index in [0.29, 0.717) is 5.69 Å². The predicted molar refractivity (Wildman–Crippen MR) is 90.7 cm³/mol. The fourth-order valence-corrected chi connectivity index (χ4v) is 3.51. The summed E-state index contributed by atoms with van der Waals surface area (Å²) in [5.74, 6) is -0.226. The molecule has 5 nitrogen and oxygen atoms in total. The molecule has 1 aromatic carbocycles. The second-order valence-corrected chi connectivity index (χ2v) is 6.42. The molecule has 0 unspecified atom stereocenters. The first-order valence-corrected chi connectivity index (χ1v) is 8.41. The van der Waals surface area contributed by atoms with E-state index in [1.807, 2.05) is 35.0 Å². The molecule has 24 heavy (non-hydrogen) atoms. The number of anilines is 2. The molecule has 4 rings (SSSR count). The van der Waals surface area contributed by atoms with Gasteiger partial charge in [-0.15, -0.1) is 0 Å². The Hall–Kier alpha value is -2.69. The van der Waals surface area contributed by atoms with Crippen LogP contribution in [0.5, 0.6) is 0 Å². The molecule has 5 heteroatoms. The highest BCUT2D eigenvalue weighted by Gasteiger charge is 2.28. The quantitative estimate of drug-likeness (QED) is 0.858. The van der Waals surface area contributed by atoms with Gasteiger partial charge in [0, 0.05) is 11.6 Å². The van der Waals surface area contributed by atoms with Crippen molar-refractivity contribution >= 4 is 23.2 Å². The van der Waals surface area contributed by atoms with Crippen molar-refractivity contribution in [1.82, 2.24) is 0 Å². The number of hydrogen-bond donors (Lipinski definition) is 1. The summed E-state index contributed by atoms with van der Waals surface area (Å²) >= 11 is 0. The van der Waals surface area contributed by atoms with E-state index >= 15 is 0 Å². The molecule has 2 amide bonds. The topological polar surface area (TPSA) is 53.3 Å². The molecule has 2 aliphatic rings. The van der Waals surface area contributed by atoms with Crippen molar-refractivity contribution in [2.45, 2.75) is 32.2 Å². The van der Waals surface area contributed by atoms with Gasteiger partial charge in [0.25, 0.3) is 5.91 Å². The van der Waals surface area contributed by atoms with Crippen LogP contribution >= 0.6 is 0 Å². The van der Waals surface area contributed by atoms with Crippen LogP contribution in [0.15, 0.2) is 42.7 Å². The summed E-state index contributed by atoms with van der Waals surface area (Å²) in [7, 11) is 0. The number of nitrogens with zero attached hydrogens (tertiary/aromatic N) is 2. The largest absolute Gasteiger partial charge is 0.323 e. The highest BCUT2D eigenvalue weighted by molar-refractivity contribution is 6.09. The molecule has 1 aliphatic heterocycles. The molecule has 0 spiro atoms. The third-order valence-corrected chi connectivity index (χ3v) is 4.73. The van der Waals surface area contributed by atoms with Crippen LogP contribution < -0.4 is 14.8 Å². The van der Waals surface area contributed by atoms with E-state index in [1.165, 1.54) is 24.0 Å². The number of carbonyl (C=O) groups is 2. The SMILES string of the molecule is O=C1CN(C(=O)C[n+]2ccc3c(c2)CCCC3)c2ccccc2N1. The van der Waals surface area contributed by atoms with Gasteiger partial charge in [-0.3, -0.25) is 14.5 Å². The number of rotatable bonds is 2. The zero-order valence-corrected chi connectivity index (χ0v) is 13.5. The molecule has 0 atom stereocenters. The summed E-state index contributed by atoms with van der Waals surface area (Å²) in [6.07, 6.45) is 8.73. The molecule has 1 N–H and O–H groups in total. The van der Waals surface area contributed by atoms with Crippen molar-refractivity contribution in [3.8, 4) is 0 Å². The summed E-state index contributed by atoms with van der Waals surface area (Å²) in [6, 6.07) is 9.54. The summed E-state index contributed by atoms with van der Waals surface area (Å²) in [5, 5.41) is 2.81. The van der Waals surface area contributed by atoms with Gasteiger partial charge in [0.15, 0.2) is 12.4 Å². The smallest absolute Gasteiger partial charge is 0.293 e. The van der Waals surface area contributed by atoms with Crippen molar-refractivity contribution in [2.24, 2.45) is 0 Å². The van der Waals surface area contributed by atoms with Gasteiger partial charge in [0.05, 0.1) is 11.4 Å². The predicted octanol–water partition coefficient (Wildman–Crippen LogP) is 1.84. The van der Waals surface area contributed by atoms with E-state index in [2.05, 4.69) is 17.6 Å². The average Bonchev–Trinajstić information content (AvgIpc) is 2.60. The number of amides is 2. The van der Waals surface area contributed by atoms with Crippen molar-refractivity contribution in [1.29, 1.82) is 0 Å². The summed E-state index contributed by atoms with van der Waals surface area (Å²) in [4.78, 5) is 26.2. The zero-order valence-electron chi connectivity index (χ0n) is 13.5. The normalized spacial score (nSPS) is 16.2. The minimum Gasteiger partial charge on any atom is -0.323 e. The summed E-state index contributed by atoms with van der Waals surface area (Å²) in [5.41, 5.74) is 4.19. The van der Waals surface area contributed by atoms with Gasteiger partial charge in [-0.25, -0.2) is 0 Å². The van der Waals surface area contributed by atoms with E-state index in [-0.39, 0.29) is 24.9 Å². The van der Waals surface area contributed by atoms with Gasteiger partial charge < -0.3 is 5.32 Å². The van der Waals surface area contributed by atoms with E-state index in [0.717, 1.165) is 18.5 Å². The second-order valence-electron chi connectivity index (χ2n) is 6.42. The number of aromatic nitrogens is 1. The molecule has 0 saturated heterocycles. The van der Waals surface area contributed by atoms with Crippen molar-refractivity contribution in [2.75, 3.05) is 16.8 Å². The first-order chi connectivity index (χ1) is 11.7. The number of pyridine rings is 1. The van der Waals surface area contributed by atoms with Crippen LogP contribution in [0.1, 0.15) is 24.0 Å². The maximum Gasteiger partial charge on any atom is 0.293 e. The molecule has 1 aromatic heterocycles. The number of benzene rings is 1. The molecule has 122 valence electrons. The van der Waals surface area contributed by atoms with Gasteiger partial charge in [0.2, 0.25) is 12.5 Å². The number of aryl methyl sites for hydroxylation is 2. The number of nitrogens with one attached hydrogen (secondary N) is 1. The molecule has 2 aromatic rings. The third-order valence-electron chi connectivity index (χ3n) is 4.73. The molecule has 1 aliphatic carbocycles. The Balaban J connectivity index is 1.57. The van der Waals surface area contributed by atoms with E-state index in [9.17, 15) is 9.59 Å². The molecule has 2 heterocycles. The van der Waals surface area contributed by atoms with Crippen molar-refractivity contribution in [3.05, 3.63) is 53.9 Å². The lowest BCUT2D eigenvalue weighted by atomic mass is 9.93. The minimum absolute atomic E-state index is 0.0708. The lowest BCUT2D eigenvalue weighted by Gasteiger charge is -2.28.